The Morgan fingerprint density at radius 1 is 0.962 bits per heavy atom. The van der Waals surface area contributed by atoms with Crippen LogP contribution in [0.1, 0.15) is 5.56 Å². The maximum Gasteiger partial charge on any atom is 0.417 e. The minimum atomic E-state index is -4.36. The Kier molecular flexibility index (Phi) is 4.23. The highest BCUT2D eigenvalue weighted by molar-refractivity contribution is 5.73. The van der Waals surface area contributed by atoms with Gasteiger partial charge in [0.2, 0.25) is 0 Å². The number of benzene rings is 1. The quantitative estimate of drug-likeness (QED) is 0.717. The van der Waals surface area contributed by atoms with E-state index in [0.29, 0.717) is 25.6 Å². The summed E-state index contributed by atoms with van der Waals surface area (Å²) < 4.78 is 39.8. The van der Waals surface area contributed by atoms with Crippen molar-refractivity contribution in [1.82, 2.24) is 24.9 Å². The number of halogens is 3. The fraction of sp³-hybridized carbons (Fsp3) is 0.353. The monoisotopic (exact) mass is 362 g/mol. The Balaban J connectivity index is 1.38. The van der Waals surface area contributed by atoms with Crippen LogP contribution < -0.4 is 4.90 Å². The van der Waals surface area contributed by atoms with Gasteiger partial charge in [-0.05, 0) is 24.3 Å². The molecule has 1 aliphatic rings. The van der Waals surface area contributed by atoms with Crippen LogP contribution in [0.15, 0.2) is 42.6 Å². The van der Waals surface area contributed by atoms with Gasteiger partial charge >= 0.3 is 6.18 Å². The number of nitrogens with zero attached hydrogens (tertiary/aromatic N) is 6. The summed E-state index contributed by atoms with van der Waals surface area (Å²) in [6.45, 7) is 3.58. The number of piperazine rings is 1. The Hall–Kier alpha value is -2.68. The number of anilines is 1. The molecule has 0 atom stereocenters. The third kappa shape index (κ3) is 3.34. The molecule has 0 aliphatic carbocycles. The second-order valence-electron chi connectivity index (χ2n) is 6.23. The first-order chi connectivity index (χ1) is 12.5. The van der Waals surface area contributed by atoms with Crippen LogP contribution in [0.5, 0.6) is 0 Å². The number of hydrogen-bond acceptors (Lipinski definition) is 5. The lowest BCUT2D eigenvalue weighted by Gasteiger charge is -2.35. The van der Waals surface area contributed by atoms with E-state index < -0.39 is 11.7 Å². The van der Waals surface area contributed by atoms with Crippen molar-refractivity contribution in [2.45, 2.75) is 12.8 Å². The summed E-state index contributed by atoms with van der Waals surface area (Å²) in [6, 6.07) is 10.3. The lowest BCUT2D eigenvalue weighted by Crippen LogP contribution is -2.47. The van der Waals surface area contributed by atoms with Crippen molar-refractivity contribution < 1.29 is 13.2 Å². The van der Waals surface area contributed by atoms with E-state index in [2.05, 4.69) is 20.2 Å². The molecule has 3 heterocycles. The molecule has 0 spiro atoms. The second kappa shape index (κ2) is 6.56. The van der Waals surface area contributed by atoms with E-state index in [1.54, 1.807) is 0 Å². The molecular weight excluding hydrogens is 345 g/mol. The molecule has 26 heavy (non-hydrogen) atoms. The summed E-state index contributed by atoms with van der Waals surface area (Å²) in [4.78, 5) is 8.20. The van der Waals surface area contributed by atoms with Crippen molar-refractivity contribution in [2.24, 2.45) is 0 Å². The molecule has 0 radical (unpaired) electrons. The van der Waals surface area contributed by atoms with Gasteiger partial charge in [-0.1, -0.05) is 17.3 Å². The molecule has 136 valence electrons. The highest BCUT2D eigenvalue weighted by atomic mass is 19.4. The van der Waals surface area contributed by atoms with Crippen LogP contribution in [0.4, 0.5) is 19.0 Å². The molecule has 4 rings (SSSR count). The van der Waals surface area contributed by atoms with E-state index in [-0.39, 0.29) is 0 Å². The van der Waals surface area contributed by atoms with Crippen molar-refractivity contribution in [3.05, 3.63) is 48.2 Å². The number of hydrogen-bond donors (Lipinski definition) is 0. The molecule has 1 fully saturated rings. The standard InChI is InChI=1S/C17H17F3N6/c18-17(19,20)13-5-6-16(21-11-13)25-9-7-24(8-10-25)12-26-15-4-2-1-3-14(15)22-23-26/h1-6,11H,7-10,12H2. The highest BCUT2D eigenvalue weighted by Gasteiger charge is 2.31. The van der Waals surface area contributed by atoms with E-state index in [4.69, 9.17) is 0 Å². The lowest BCUT2D eigenvalue weighted by atomic mass is 10.2. The van der Waals surface area contributed by atoms with Gasteiger partial charge in [-0.2, -0.15) is 13.2 Å². The Morgan fingerprint density at radius 2 is 1.73 bits per heavy atom. The first kappa shape index (κ1) is 16.8. The zero-order chi connectivity index (χ0) is 18.1. The van der Waals surface area contributed by atoms with Gasteiger partial charge in [0.1, 0.15) is 11.3 Å². The lowest BCUT2D eigenvalue weighted by molar-refractivity contribution is -0.137. The first-order valence-corrected chi connectivity index (χ1v) is 8.29. The Labute approximate surface area is 147 Å². The van der Waals surface area contributed by atoms with Crippen molar-refractivity contribution in [3.8, 4) is 0 Å². The number of fused-ring (bicyclic) bond motifs is 1. The SMILES string of the molecule is FC(F)(F)c1ccc(N2CCN(Cn3nnc4ccccc43)CC2)nc1. The number of alkyl halides is 3. The van der Waals surface area contributed by atoms with Gasteiger partial charge in [0.25, 0.3) is 0 Å². The van der Waals surface area contributed by atoms with E-state index in [1.165, 1.54) is 6.07 Å². The van der Waals surface area contributed by atoms with E-state index in [0.717, 1.165) is 36.4 Å². The van der Waals surface area contributed by atoms with Gasteiger partial charge in [-0.3, -0.25) is 4.90 Å². The van der Waals surface area contributed by atoms with Gasteiger partial charge < -0.3 is 4.90 Å². The van der Waals surface area contributed by atoms with E-state index in [1.807, 2.05) is 33.8 Å². The molecule has 6 nitrogen and oxygen atoms in total. The molecule has 9 heteroatoms. The van der Waals surface area contributed by atoms with E-state index >= 15 is 0 Å². The van der Waals surface area contributed by atoms with Crippen LogP contribution in [-0.4, -0.2) is 51.1 Å². The third-order valence-corrected chi connectivity index (χ3v) is 4.53. The van der Waals surface area contributed by atoms with Gasteiger partial charge in [0, 0.05) is 32.4 Å². The number of para-hydroxylation sites is 1. The zero-order valence-corrected chi connectivity index (χ0v) is 13.9. The summed E-state index contributed by atoms with van der Waals surface area (Å²) in [5, 5.41) is 8.34. The minimum Gasteiger partial charge on any atom is -0.354 e. The molecule has 0 unspecified atom stereocenters. The molecule has 3 aromatic rings. The summed E-state index contributed by atoms with van der Waals surface area (Å²) in [5.74, 6) is 0.573. The van der Waals surface area contributed by atoms with Crippen molar-refractivity contribution >= 4 is 16.9 Å². The van der Waals surface area contributed by atoms with Crippen LogP contribution in [0.25, 0.3) is 11.0 Å². The van der Waals surface area contributed by atoms with Crippen molar-refractivity contribution in [2.75, 3.05) is 31.1 Å². The summed E-state index contributed by atoms with van der Waals surface area (Å²) in [6.07, 6.45) is -3.46. The number of aromatic nitrogens is 4. The molecule has 1 saturated heterocycles. The van der Waals surface area contributed by atoms with Gasteiger partial charge in [-0.25, -0.2) is 9.67 Å². The Bertz CT molecular complexity index is 881. The number of pyridine rings is 1. The topological polar surface area (TPSA) is 50.1 Å². The summed E-state index contributed by atoms with van der Waals surface area (Å²) >= 11 is 0. The molecule has 1 aromatic carbocycles. The molecule has 0 N–H and O–H groups in total. The van der Waals surface area contributed by atoms with Crippen LogP contribution in [-0.2, 0) is 12.8 Å². The maximum atomic E-state index is 12.6. The number of rotatable bonds is 3. The largest absolute Gasteiger partial charge is 0.417 e. The average Bonchev–Trinajstić information content (AvgIpc) is 3.05. The van der Waals surface area contributed by atoms with Crippen LogP contribution in [0, 0.1) is 0 Å². The third-order valence-electron chi connectivity index (χ3n) is 4.53. The fourth-order valence-corrected chi connectivity index (χ4v) is 3.07. The molecule has 0 saturated carbocycles. The summed E-state index contributed by atoms with van der Waals surface area (Å²) in [5.41, 5.74) is 1.12. The molecule has 1 aliphatic heterocycles. The first-order valence-electron chi connectivity index (χ1n) is 8.29. The maximum absolute atomic E-state index is 12.6. The van der Waals surface area contributed by atoms with Crippen molar-refractivity contribution in [1.29, 1.82) is 0 Å². The Morgan fingerprint density at radius 3 is 2.42 bits per heavy atom. The average molecular weight is 362 g/mol. The van der Waals surface area contributed by atoms with Crippen LogP contribution in [0.3, 0.4) is 0 Å². The normalized spacial score (nSPS) is 16.3. The second-order valence-corrected chi connectivity index (χ2v) is 6.23. The minimum absolute atomic E-state index is 0.573. The van der Waals surface area contributed by atoms with E-state index in [9.17, 15) is 13.2 Å². The van der Waals surface area contributed by atoms with Gasteiger partial charge in [0.05, 0.1) is 17.7 Å². The fourth-order valence-electron chi connectivity index (χ4n) is 3.07. The van der Waals surface area contributed by atoms with Crippen LogP contribution >= 0.6 is 0 Å². The van der Waals surface area contributed by atoms with Crippen LogP contribution in [0.2, 0.25) is 0 Å². The molecule has 0 amide bonds. The van der Waals surface area contributed by atoms with Gasteiger partial charge in [-0.15, -0.1) is 5.10 Å². The van der Waals surface area contributed by atoms with Gasteiger partial charge in [0.15, 0.2) is 0 Å². The zero-order valence-electron chi connectivity index (χ0n) is 13.9. The predicted molar refractivity (Wildman–Crippen MR) is 90.6 cm³/mol. The molecule has 0 bridgehead atoms. The molecule has 2 aromatic heterocycles. The summed E-state index contributed by atoms with van der Waals surface area (Å²) in [7, 11) is 0. The molecular formula is C17H17F3N6. The smallest absolute Gasteiger partial charge is 0.354 e. The van der Waals surface area contributed by atoms with Crippen molar-refractivity contribution in [3.63, 3.8) is 0 Å². The highest BCUT2D eigenvalue weighted by Crippen LogP contribution is 2.29. The predicted octanol–water partition coefficient (Wildman–Crippen LogP) is 2.62.